The van der Waals surface area contributed by atoms with Gasteiger partial charge in [-0.25, -0.2) is 0 Å². The molecule has 0 radical (unpaired) electrons. The van der Waals surface area contributed by atoms with Crippen LogP contribution in [0.25, 0.3) is 0 Å². The van der Waals surface area contributed by atoms with E-state index in [0.29, 0.717) is 18.0 Å². The summed E-state index contributed by atoms with van der Waals surface area (Å²) in [4.78, 5) is 11.8. The van der Waals surface area contributed by atoms with Gasteiger partial charge in [0.2, 0.25) is 0 Å². The van der Waals surface area contributed by atoms with Crippen molar-refractivity contribution in [1.29, 1.82) is 0 Å². The number of nitrogens with one attached hydrogen (secondary N) is 1. The van der Waals surface area contributed by atoms with Crippen molar-refractivity contribution >= 4 is 5.91 Å². The smallest absolute Gasteiger partial charge is 0.254 e. The molecule has 0 saturated carbocycles. The van der Waals surface area contributed by atoms with Crippen LogP contribution in [0.2, 0.25) is 0 Å². The second-order valence-electron chi connectivity index (χ2n) is 4.21. The van der Waals surface area contributed by atoms with E-state index in [4.69, 9.17) is 4.74 Å². The van der Waals surface area contributed by atoms with E-state index < -0.39 is 0 Å². The minimum absolute atomic E-state index is 0.0440. The van der Waals surface area contributed by atoms with Gasteiger partial charge < -0.3 is 10.1 Å². The molecular formula is C11H17N3O2. The Morgan fingerprint density at radius 2 is 2.56 bits per heavy atom. The lowest BCUT2D eigenvalue weighted by Crippen LogP contribution is -2.29. The maximum absolute atomic E-state index is 11.8. The monoisotopic (exact) mass is 223 g/mol. The summed E-state index contributed by atoms with van der Waals surface area (Å²) in [6.45, 7) is 4.15. The Morgan fingerprint density at radius 1 is 1.75 bits per heavy atom. The van der Waals surface area contributed by atoms with E-state index in [0.717, 1.165) is 25.3 Å². The zero-order chi connectivity index (χ0) is 11.5. The van der Waals surface area contributed by atoms with Gasteiger partial charge in [-0.05, 0) is 13.3 Å². The Balaban J connectivity index is 1.90. The number of nitrogens with zero attached hydrogens (tertiary/aromatic N) is 2. The topological polar surface area (TPSA) is 56.1 Å². The first-order valence-electron chi connectivity index (χ1n) is 5.53. The minimum Gasteiger partial charge on any atom is -0.381 e. The number of carbonyl (C=O) groups is 1. The highest BCUT2D eigenvalue weighted by Gasteiger charge is 2.18. The predicted octanol–water partition coefficient (Wildman–Crippen LogP) is 0.495. The average Bonchev–Trinajstić information content (AvgIpc) is 2.88. The number of hydrogen-bond donors (Lipinski definition) is 1. The fraction of sp³-hybridized carbons (Fsp3) is 0.636. The molecule has 1 aromatic rings. The number of hydrogen-bond acceptors (Lipinski definition) is 3. The Bertz CT molecular complexity index is 381. The summed E-state index contributed by atoms with van der Waals surface area (Å²) >= 11 is 0. The molecule has 88 valence electrons. The van der Waals surface area contributed by atoms with Crippen molar-refractivity contribution in [2.75, 3.05) is 19.8 Å². The van der Waals surface area contributed by atoms with Gasteiger partial charge in [-0.15, -0.1) is 0 Å². The average molecular weight is 223 g/mol. The molecule has 1 fully saturated rings. The molecule has 5 nitrogen and oxygen atoms in total. The lowest BCUT2D eigenvalue weighted by molar-refractivity contribution is 0.0944. The van der Waals surface area contributed by atoms with Crippen LogP contribution in [-0.4, -0.2) is 35.4 Å². The Labute approximate surface area is 94.8 Å². The molecule has 1 saturated heterocycles. The number of carbonyl (C=O) groups excluding carboxylic acids is 1. The molecule has 2 rings (SSSR count). The summed E-state index contributed by atoms with van der Waals surface area (Å²) in [5.41, 5.74) is 1.54. The third kappa shape index (κ3) is 2.24. The van der Waals surface area contributed by atoms with Crippen LogP contribution in [0, 0.1) is 12.8 Å². The van der Waals surface area contributed by atoms with Gasteiger partial charge in [-0.2, -0.15) is 5.10 Å². The third-order valence-corrected chi connectivity index (χ3v) is 3.06. The van der Waals surface area contributed by atoms with Crippen molar-refractivity contribution in [1.82, 2.24) is 15.1 Å². The molecule has 5 heteroatoms. The summed E-state index contributed by atoms with van der Waals surface area (Å²) in [5, 5.41) is 6.97. The third-order valence-electron chi connectivity index (χ3n) is 3.06. The summed E-state index contributed by atoms with van der Waals surface area (Å²) in [5.74, 6) is 0.415. The van der Waals surface area contributed by atoms with Gasteiger partial charge in [0.15, 0.2) is 0 Å². The fourth-order valence-corrected chi connectivity index (χ4v) is 1.80. The van der Waals surface area contributed by atoms with Crippen molar-refractivity contribution in [3.8, 4) is 0 Å². The van der Waals surface area contributed by atoms with Crippen molar-refractivity contribution in [3.05, 3.63) is 17.5 Å². The number of aromatic nitrogens is 2. The van der Waals surface area contributed by atoms with Crippen LogP contribution in [-0.2, 0) is 11.8 Å². The van der Waals surface area contributed by atoms with E-state index in [-0.39, 0.29) is 5.91 Å². The molecule has 0 unspecified atom stereocenters. The SMILES string of the molecule is Cc1c(C(=O)NC[C@H]2CCOC2)cnn1C. The van der Waals surface area contributed by atoms with Gasteiger partial charge in [-0.3, -0.25) is 9.48 Å². The molecule has 0 spiro atoms. The zero-order valence-electron chi connectivity index (χ0n) is 9.69. The zero-order valence-corrected chi connectivity index (χ0v) is 9.69. The van der Waals surface area contributed by atoms with Crippen LogP contribution in [0.4, 0.5) is 0 Å². The number of aryl methyl sites for hydroxylation is 1. The maximum Gasteiger partial charge on any atom is 0.254 e. The highest BCUT2D eigenvalue weighted by molar-refractivity contribution is 5.94. The van der Waals surface area contributed by atoms with Crippen molar-refractivity contribution in [2.24, 2.45) is 13.0 Å². The normalized spacial score (nSPS) is 20.0. The van der Waals surface area contributed by atoms with E-state index in [1.54, 1.807) is 10.9 Å². The van der Waals surface area contributed by atoms with E-state index in [1.165, 1.54) is 0 Å². The minimum atomic E-state index is -0.0440. The van der Waals surface area contributed by atoms with Crippen LogP contribution in [0.1, 0.15) is 22.5 Å². The van der Waals surface area contributed by atoms with E-state index in [2.05, 4.69) is 10.4 Å². The van der Waals surface area contributed by atoms with E-state index in [1.807, 2.05) is 14.0 Å². The molecule has 0 aromatic carbocycles. The lowest BCUT2D eigenvalue weighted by atomic mass is 10.1. The van der Waals surface area contributed by atoms with Gasteiger partial charge in [-0.1, -0.05) is 0 Å². The van der Waals surface area contributed by atoms with E-state index >= 15 is 0 Å². The first-order chi connectivity index (χ1) is 7.68. The summed E-state index contributed by atoms with van der Waals surface area (Å²) in [6.07, 6.45) is 2.64. The van der Waals surface area contributed by atoms with Gasteiger partial charge in [0.1, 0.15) is 0 Å². The van der Waals surface area contributed by atoms with Gasteiger partial charge >= 0.3 is 0 Å². The molecule has 1 aliphatic heterocycles. The maximum atomic E-state index is 11.8. The van der Waals surface area contributed by atoms with Crippen molar-refractivity contribution < 1.29 is 9.53 Å². The van der Waals surface area contributed by atoms with Crippen molar-refractivity contribution in [2.45, 2.75) is 13.3 Å². The Morgan fingerprint density at radius 3 is 3.12 bits per heavy atom. The Hall–Kier alpha value is -1.36. The quantitative estimate of drug-likeness (QED) is 0.811. The van der Waals surface area contributed by atoms with E-state index in [9.17, 15) is 4.79 Å². The highest BCUT2D eigenvalue weighted by Crippen LogP contribution is 2.11. The highest BCUT2D eigenvalue weighted by atomic mass is 16.5. The molecular weight excluding hydrogens is 206 g/mol. The summed E-state index contributed by atoms with van der Waals surface area (Å²) in [6, 6.07) is 0. The van der Waals surface area contributed by atoms with Gasteiger partial charge in [0, 0.05) is 31.8 Å². The molecule has 0 aliphatic carbocycles. The van der Waals surface area contributed by atoms with Crippen molar-refractivity contribution in [3.63, 3.8) is 0 Å². The summed E-state index contributed by atoms with van der Waals surface area (Å²) < 4.78 is 6.96. The molecule has 1 atom stereocenters. The number of rotatable bonds is 3. The van der Waals surface area contributed by atoms with Crippen LogP contribution >= 0.6 is 0 Å². The molecule has 1 amide bonds. The Kier molecular flexibility index (Phi) is 3.24. The van der Waals surface area contributed by atoms with Crippen LogP contribution < -0.4 is 5.32 Å². The van der Waals surface area contributed by atoms with Gasteiger partial charge in [0.05, 0.1) is 18.4 Å². The number of amides is 1. The van der Waals surface area contributed by atoms with Crippen LogP contribution in [0.5, 0.6) is 0 Å². The first kappa shape index (κ1) is 11.1. The largest absolute Gasteiger partial charge is 0.381 e. The first-order valence-corrected chi connectivity index (χ1v) is 5.53. The van der Waals surface area contributed by atoms with Crippen LogP contribution in [0.15, 0.2) is 6.20 Å². The second kappa shape index (κ2) is 4.65. The number of ether oxygens (including phenoxy) is 1. The molecule has 1 aromatic heterocycles. The van der Waals surface area contributed by atoms with Crippen LogP contribution in [0.3, 0.4) is 0 Å². The fourth-order valence-electron chi connectivity index (χ4n) is 1.80. The molecule has 0 bridgehead atoms. The standard InChI is InChI=1S/C11H17N3O2/c1-8-10(6-13-14(8)2)11(15)12-5-9-3-4-16-7-9/h6,9H,3-5,7H2,1-2H3,(H,12,15)/t9-/m1/s1. The molecule has 2 heterocycles. The lowest BCUT2D eigenvalue weighted by Gasteiger charge is -2.08. The molecule has 16 heavy (non-hydrogen) atoms. The van der Waals surface area contributed by atoms with Gasteiger partial charge in [0.25, 0.3) is 5.91 Å². The second-order valence-corrected chi connectivity index (χ2v) is 4.21. The summed E-state index contributed by atoms with van der Waals surface area (Å²) in [7, 11) is 1.83. The predicted molar refractivity (Wildman–Crippen MR) is 59.2 cm³/mol. The molecule has 1 N–H and O–H groups in total. The molecule has 1 aliphatic rings.